The Hall–Kier alpha value is -3.75. The number of benzene rings is 1. The molecule has 31 heavy (non-hydrogen) atoms. The molecular formula is C22H19F2N7. The second kappa shape index (κ2) is 7.82. The van der Waals surface area contributed by atoms with Crippen molar-refractivity contribution >= 4 is 5.82 Å². The number of fused-ring (bicyclic) bond motifs is 1. The van der Waals surface area contributed by atoms with Crippen LogP contribution in [-0.2, 0) is 19.4 Å². The lowest BCUT2D eigenvalue weighted by Gasteiger charge is -2.21. The number of anilines is 1. The first-order chi connectivity index (χ1) is 15.1. The van der Waals surface area contributed by atoms with Crippen LogP contribution in [0.3, 0.4) is 0 Å². The molecule has 0 bridgehead atoms. The first-order valence-electron chi connectivity index (χ1n) is 9.96. The number of aryl methyl sites for hydroxylation is 1. The maximum absolute atomic E-state index is 13.7. The van der Waals surface area contributed by atoms with E-state index in [2.05, 4.69) is 20.2 Å². The van der Waals surface area contributed by atoms with Gasteiger partial charge >= 0.3 is 0 Å². The highest BCUT2D eigenvalue weighted by Crippen LogP contribution is 2.31. The summed E-state index contributed by atoms with van der Waals surface area (Å²) in [7, 11) is 1.91. The Balaban J connectivity index is 1.51. The van der Waals surface area contributed by atoms with Crippen molar-refractivity contribution in [2.45, 2.75) is 25.8 Å². The van der Waals surface area contributed by atoms with Gasteiger partial charge in [0.25, 0.3) is 0 Å². The van der Waals surface area contributed by atoms with E-state index >= 15 is 0 Å². The van der Waals surface area contributed by atoms with Crippen LogP contribution in [0.2, 0.25) is 0 Å². The van der Waals surface area contributed by atoms with Crippen molar-refractivity contribution < 1.29 is 8.78 Å². The van der Waals surface area contributed by atoms with Crippen molar-refractivity contribution in [2.24, 2.45) is 0 Å². The first-order valence-corrected chi connectivity index (χ1v) is 9.96. The van der Waals surface area contributed by atoms with Gasteiger partial charge in [-0.15, -0.1) is 10.2 Å². The fraction of sp³-hybridized carbons (Fsp3) is 0.227. The van der Waals surface area contributed by atoms with Gasteiger partial charge < -0.3 is 4.90 Å². The van der Waals surface area contributed by atoms with Crippen molar-refractivity contribution in [2.75, 3.05) is 11.9 Å². The number of nitrogens with zero attached hydrogens (tertiary/aromatic N) is 7. The molecule has 1 aromatic carbocycles. The Morgan fingerprint density at radius 3 is 2.77 bits per heavy atom. The van der Waals surface area contributed by atoms with Crippen LogP contribution in [0.1, 0.15) is 23.5 Å². The van der Waals surface area contributed by atoms with Crippen molar-refractivity contribution in [1.29, 1.82) is 0 Å². The fourth-order valence-electron chi connectivity index (χ4n) is 3.87. The van der Waals surface area contributed by atoms with Gasteiger partial charge in [0.05, 0.1) is 12.2 Å². The summed E-state index contributed by atoms with van der Waals surface area (Å²) in [5.74, 6) is 1.09. The van der Waals surface area contributed by atoms with Crippen molar-refractivity contribution in [3.05, 3.63) is 77.6 Å². The molecule has 1 aliphatic carbocycles. The minimum atomic E-state index is -0.382. The van der Waals surface area contributed by atoms with Crippen LogP contribution in [-0.4, -0.2) is 36.8 Å². The van der Waals surface area contributed by atoms with E-state index in [1.54, 1.807) is 23.0 Å². The van der Waals surface area contributed by atoms with Gasteiger partial charge in [-0.05, 0) is 43.5 Å². The molecule has 3 aromatic heterocycles. The van der Waals surface area contributed by atoms with Crippen LogP contribution in [0.5, 0.6) is 0 Å². The summed E-state index contributed by atoms with van der Waals surface area (Å²) in [5.41, 5.74) is 3.09. The van der Waals surface area contributed by atoms with Gasteiger partial charge in [-0.25, -0.2) is 18.7 Å². The number of halogens is 2. The summed E-state index contributed by atoms with van der Waals surface area (Å²) in [6.07, 6.45) is 5.68. The van der Waals surface area contributed by atoms with E-state index in [1.807, 2.05) is 11.9 Å². The molecule has 0 N–H and O–H groups in total. The van der Waals surface area contributed by atoms with Gasteiger partial charge in [-0.3, -0.25) is 9.55 Å². The monoisotopic (exact) mass is 419 g/mol. The average molecular weight is 419 g/mol. The zero-order valence-electron chi connectivity index (χ0n) is 16.8. The highest BCUT2D eigenvalue weighted by Gasteiger charge is 2.23. The topological polar surface area (TPSA) is 72.6 Å². The molecular weight excluding hydrogens is 400 g/mol. The number of rotatable bonds is 5. The third kappa shape index (κ3) is 3.74. The SMILES string of the molecule is CN(Cc1nncn1-c1cccc(F)c1)c1nc(-c2cc(F)ccn2)nc2c1CCC2. The summed E-state index contributed by atoms with van der Waals surface area (Å²) < 4.78 is 29.2. The van der Waals surface area contributed by atoms with Gasteiger partial charge in [-0.2, -0.15) is 0 Å². The highest BCUT2D eigenvalue weighted by molar-refractivity contribution is 5.58. The molecule has 0 saturated carbocycles. The maximum atomic E-state index is 13.7. The van der Waals surface area contributed by atoms with Crippen LogP contribution >= 0.6 is 0 Å². The van der Waals surface area contributed by atoms with E-state index < -0.39 is 0 Å². The van der Waals surface area contributed by atoms with E-state index in [9.17, 15) is 8.78 Å². The lowest BCUT2D eigenvalue weighted by Crippen LogP contribution is -2.22. The molecule has 0 atom stereocenters. The van der Waals surface area contributed by atoms with Gasteiger partial charge in [0.1, 0.15) is 29.5 Å². The number of pyridine rings is 1. The molecule has 0 saturated heterocycles. The van der Waals surface area contributed by atoms with Crippen LogP contribution in [0.4, 0.5) is 14.6 Å². The summed E-state index contributed by atoms with van der Waals surface area (Å²) in [5, 5.41) is 8.22. The largest absolute Gasteiger partial charge is 0.352 e. The normalized spacial score (nSPS) is 12.7. The van der Waals surface area contributed by atoms with Crippen LogP contribution in [0, 0.1) is 11.6 Å². The molecule has 1 aliphatic rings. The van der Waals surface area contributed by atoms with Crippen LogP contribution in [0.25, 0.3) is 17.2 Å². The lowest BCUT2D eigenvalue weighted by molar-refractivity contribution is 0.625. The average Bonchev–Trinajstić information content (AvgIpc) is 3.42. The quantitative estimate of drug-likeness (QED) is 0.493. The zero-order chi connectivity index (χ0) is 21.4. The number of hydrogen-bond acceptors (Lipinski definition) is 6. The Morgan fingerprint density at radius 1 is 1.06 bits per heavy atom. The van der Waals surface area contributed by atoms with Crippen molar-refractivity contribution in [1.82, 2.24) is 29.7 Å². The van der Waals surface area contributed by atoms with Crippen LogP contribution in [0.15, 0.2) is 48.9 Å². The smallest absolute Gasteiger partial charge is 0.180 e. The van der Waals surface area contributed by atoms with Gasteiger partial charge in [0, 0.05) is 30.6 Å². The zero-order valence-corrected chi connectivity index (χ0v) is 16.8. The molecule has 156 valence electrons. The molecule has 4 aromatic rings. The Kier molecular flexibility index (Phi) is 4.85. The third-order valence-corrected chi connectivity index (χ3v) is 5.31. The molecule has 0 amide bonds. The van der Waals surface area contributed by atoms with Crippen molar-refractivity contribution in [3.8, 4) is 17.2 Å². The molecule has 0 radical (unpaired) electrons. The van der Waals surface area contributed by atoms with E-state index in [0.717, 1.165) is 36.3 Å². The predicted octanol–water partition coefficient (Wildman–Crippen LogP) is 3.52. The number of aromatic nitrogens is 6. The molecule has 0 unspecified atom stereocenters. The molecule has 3 heterocycles. The fourth-order valence-corrected chi connectivity index (χ4v) is 3.87. The second-order valence-electron chi connectivity index (χ2n) is 7.46. The van der Waals surface area contributed by atoms with E-state index in [4.69, 9.17) is 4.98 Å². The summed E-state index contributed by atoms with van der Waals surface area (Å²) in [4.78, 5) is 15.6. The van der Waals surface area contributed by atoms with Gasteiger partial charge in [-0.1, -0.05) is 6.07 Å². The minimum Gasteiger partial charge on any atom is -0.352 e. The molecule has 9 heteroatoms. The van der Waals surface area contributed by atoms with E-state index in [1.165, 1.54) is 30.5 Å². The lowest BCUT2D eigenvalue weighted by atomic mass is 10.2. The van der Waals surface area contributed by atoms with Crippen molar-refractivity contribution in [3.63, 3.8) is 0 Å². The van der Waals surface area contributed by atoms with E-state index in [0.29, 0.717) is 29.6 Å². The van der Waals surface area contributed by atoms with Gasteiger partial charge in [0.2, 0.25) is 0 Å². The second-order valence-corrected chi connectivity index (χ2v) is 7.46. The number of hydrogen-bond donors (Lipinski definition) is 0. The third-order valence-electron chi connectivity index (χ3n) is 5.31. The molecule has 0 fully saturated rings. The molecule has 7 nitrogen and oxygen atoms in total. The highest BCUT2D eigenvalue weighted by atomic mass is 19.1. The first kappa shape index (κ1) is 19.2. The van der Waals surface area contributed by atoms with E-state index in [-0.39, 0.29) is 11.6 Å². The Bertz CT molecular complexity index is 1250. The summed E-state index contributed by atoms with van der Waals surface area (Å²) >= 11 is 0. The van der Waals surface area contributed by atoms with Crippen LogP contribution < -0.4 is 4.90 Å². The minimum absolute atomic E-state index is 0.327. The maximum Gasteiger partial charge on any atom is 0.180 e. The summed E-state index contributed by atoms with van der Waals surface area (Å²) in [6.45, 7) is 0.399. The standard InChI is InChI=1S/C22H19F2N7/c1-30(12-20-29-26-13-31(20)16-5-2-4-14(23)10-16)22-17-6-3-7-18(17)27-21(28-22)19-11-15(24)8-9-25-19/h2,4-5,8-11,13H,3,6-7,12H2,1H3. The molecule has 0 spiro atoms. The Labute approximate surface area is 177 Å². The summed E-state index contributed by atoms with van der Waals surface area (Å²) in [6, 6.07) is 8.90. The molecule has 5 rings (SSSR count). The predicted molar refractivity (Wildman–Crippen MR) is 111 cm³/mol. The van der Waals surface area contributed by atoms with Gasteiger partial charge in [0.15, 0.2) is 11.6 Å². The molecule has 0 aliphatic heterocycles. The Morgan fingerprint density at radius 2 is 1.94 bits per heavy atom.